The van der Waals surface area contributed by atoms with E-state index in [9.17, 15) is 50.5 Å². The number of aromatic amines is 1. The quantitative estimate of drug-likeness (QED) is 0.0989. The third-order valence-electron chi connectivity index (χ3n) is 8.92. The molecule has 2 aliphatic heterocycles. The lowest BCUT2D eigenvalue weighted by atomic mass is 9.89. The van der Waals surface area contributed by atoms with E-state index >= 15 is 0 Å². The zero-order valence-electron chi connectivity index (χ0n) is 30.5. The number of alkyl halides is 6. The molecule has 1 spiro atoms. The number of phenolic OH excluding ortho intramolecular Hbond substituents is 1. The van der Waals surface area contributed by atoms with Gasteiger partial charge in [0.2, 0.25) is 0 Å². The molecule has 0 unspecified atom stereocenters. The average molecular weight is 870 g/mol. The molecule has 2 fully saturated rings. The molecule has 2 aromatic carbocycles. The number of hydrogen-bond donors (Lipinski definition) is 6. The van der Waals surface area contributed by atoms with Crippen LogP contribution < -0.4 is 10.2 Å². The molecule has 1 atom stereocenters. The molecule has 4 heterocycles. The van der Waals surface area contributed by atoms with E-state index in [1.165, 1.54) is 17.4 Å². The van der Waals surface area contributed by atoms with Crippen molar-refractivity contribution in [1.29, 1.82) is 0 Å². The monoisotopic (exact) mass is 869 g/mol. The number of hydrogen-bond acceptors (Lipinski definition) is 12. The molecule has 23 heteroatoms. The number of benzene rings is 2. The van der Waals surface area contributed by atoms with E-state index in [0.29, 0.717) is 60.7 Å². The highest BCUT2D eigenvalue weighted by Gasteiger charge is 2.42. The molecule has 4 aromatic rings. The second kappa shape index (κ2) is 19.4. The first-order chi connectivity index (χ1) is 27.1. The lowest BCUT2D eigenvalue weighted by Crippen LogP contribution is -2.58. The number of aliphatic hydroxyl groups is 1. The molecule has 0 radical (unpaired) electrons. The van der Waals surface area contributed by atoms with Crippen LogP contribution >= 0.6 is 22.7 Å². The Kier molecular flexibility index (Phi) is 15.4. The average Bonchev–Trinajstić information content (AvgIpc) is 3.76. The van der Waals surface area contributed by atoms with Crippen LogP contribution in [0.2, 0.25) is 0 Å². The molecular formula is C35H38F7N5O9S2. The fourth-order valence-electron chi connectivity index (χ4n) is 6.16. The number of phenols is 1. The van der Waals surface area contributed by atoms with Crippen LogP contribution in [0.1, 0.15) is 51.1 Å². The highest BCUT2D eigenvalue weighted by atomic mass is 32.1. The van der Waals surface area contributed by atoms with Gasteiger partial charge in [0.1, 0.15) is 22.8 Å². The molecule has 6 rings (SSSR count). The minimum Gasteiger partial charge on any atom is -0.506 e. The van der Waals surface area contributed by atoms with Gasteiger partial charge in [-0.25, -0.2) is 19.0 Å². The fourth-order valence-corrected chi connectivity index (χ4v) is 7.66. The van der Waals surface area contributed by atoms with E-state index in [1.807, 2.05) is 23.3 Å². The Hall–Kier alpha value is -4.68. The molecule has 58 heavy (non-hydrogen) atoms. The molecule has 6 N–H and O–H groups in total. The summed E-state index contributed by atoms with van der Waals surface area (Å²) in [6.07, 6.45) is -8.85. The van der Waals surface area contributed by atoms with E-state index in [2.05, 4.69) is 20.2 Å². The number of aliphatic hydroxyl groups excluding tert-OH is 1. The van der Waals surface area contributed by atoms with Crippen molar-refractivity contribution in [3.63, 3.8) is 0 Å². The van der Waals surface area contributed by atoms with Crippen LogP contribution in [0.5, 0.6) is 5.75 Å². The van der Waals surface area contributed by atoms with E-state index in [4.69, 9.17) is 24.5 Å². The molecule has 2 saturated heterocycles. The number of carboxylic acids is 2. The lowest BCUT2D eigenvalue weighted by molar-refractivity contribution is -0.193. The molecule has 2 aliphatic rings. The van der Waals surface area contributed by atoms with Gasteiger partial charge >= 0.3 is 29.2 Å². The SMILES string of the molecule is Cc1nc(C(=O)N2CCOC3(CCN(Cc4cc(F)cc(CCNC[C@H](O)c5ccc(O)c6[nH]c(=O)sc56)c4)CC3)C2)cs1.O=C(O)C(F)(F)F.O=C(O)C(F)(F)F. The predicted molar refractivity (Wildman–Crippen MR) is 195 cm³/mol. The molecule has 14 nitrogen and oxygen atoms in total. The number of piperidine rings is 1. The first kappa shape index (κ1) is 46.0. The van der Waals surface area contributed by atoms with E-state index < -0.39 is 30.4 Å². The van der Waals surface area contributed by atoms with Gasteiger partial charge in [0, 0.05) is 43.7 Å². The van der Waals surface area contributed by atoms with Gasteiger partial charge in [0.05, 0.1) is 34.6 Å². The van der Waals surface area contributed by atoms with Crippen molar-refractivity contribution in [2.24, 2.45) is 0 Å². The van der Waals surface area contributed by atoms with Crippen molar-refractivity contribution in [2.75, 3.05) is 45.9 Å². The first-order valence-electron chi connectivity index (χ1n) is 17.3. The van der Waals surface area contributed by atoms with Gasteiger partial charge in [-0.1, -0.05) is 23.5 Å². The highest BCUT2D eigenvalue weighted by molar-refractivity contribution is 7.16. The number of nitrogens with zero attached hydrogens (tertiary/aromatic N) is 3. The number of fused-ring (bicyclic) bond motifs is 1. The Morgan fingerprint density at radius 1 is 1.02 bits per heavy atom. The van der Waals surface area contributed by atoms with Crippen molar-refractivity contribution < 1.29 is 70.3 Å². The van der Waals surface area contributed by atoms with Crippen molar-refractivity contribution >= 4 is 50.7 Å². The second-order valence-corrected chi connectivity index (χ2v) is 15.3. The van der Waals surface area contributed by atoms with Crippen molar-refractivity contribution in [1.82, 2.24) is 25.1 Å². The predicted octanol–water partition coefficient (Wildman–Crippen LogP) is 4.84. The Bertz CT molecular complexity index is 2090. The summed E-state index contributed by atoms with van der Waals surface area (Å²) in [4.78, 5) is 53.4. The number of aryl methyl sites for hydroxylation is 1. The number of amides is 1. The van der Waals surface area contributed by atoms with Gasteiger partial charge in [-0.15, -0.1) is 11.3 Å². The van der Waals surface area contributed by atoms with Gasteiger partial charge in [-0.05, 0) is 62.1 Å². The fraction of sp³-hybridized carbons (Fsp3) is 0.457. The molecule has 1 amide bonds. The number of likely N-dealkylation sites (tertiary alicyclic amines) is 1. The number of ether oxygens (including phenoxy) is 1. The number of morpholine rings is 1. The number of rotatable bonds is 9. The normalized spacial score (nSPS) is 16.3. The Balaban J connectivity index is 0.000000456. The summed E-state index contributed by atoms with van der Waals surface area (Å²) >= 11 is 2.43. The number of carbonyl (C=O) groups excluding carboxylic acids is 1. The minimum atomic E-state index is -5.08. The van der Waals surface area contributed by atoms with Crippen LogP contribution in [0, 0.1) is 12.7 Å². The van der Waals surface area contributed by atoms with Gasteiger partial charge in [-0.2, -0.15) is 26.3 Å². The number of aromatic hydroxyl groups is 1. The number of aromatic nitrogens is 2. The summed E-state index contributed by atoms with van der Waals surface area (Å²) in [5.41, 5.74) is 2.82. The van der Waals surface area contributed by atoms with Crippen LogP contribution in [0.25, 0.3) is 10.2 Å². The molecule has 0 saturated carbocycles. The van der Waals surface area contributed by atoms with Gasteiger partial charge in [0.15, 0.2) is 0 Å². The number of halogens is 7. The third-order valence-corrected chi connectivity index (χ3v) is 10.6. The van der Waals surface area contributed by atoms with E-state index in [-0.39, 0.29) is 34.5 Å². The van der Waals surface area contributed by atoms with Crippen molar-refractivity contribution in [3.05, 3.63) is 78.6 Å². The number of carboxylic acid groups (broad SMARTS) is 2. The third kappa shape index (κ3) is 12.9. The van der Waals surface area contributed by atoms with Crippen molar-refractivity contribution in [2.45, 2.75) is 56.8 Å². The standard InChI is InChI=1S/C31H36FN5O5S2.2C2HF3O2/c1-19-34-24(17-43-19)29(40)37-10-11-42-31(18-37)5-8-36(9-6-31)16-21-12-20(13-22(32)14-21)4-7-33-15-26(39)23-2-3-25(38)27-28(23)44-30(41)35-27;2*3-2(4,5)1(6)7/h2-3,12-14,17,26,33,38-39H,4-11,15-16,18H2,1H3,(H,35,41);2*(H,6,7)/t26-;;/m0../s1. The summed E-state index contributed by atoms with van der Waals surface area (Å²) in [5, 5.41) is 40.9. The maximum atomic E-state index is 14.6. The highest BCUT2D eigenvalue weighted by Crippen LogP contribution is 2.33. The van der Waals surface area contributed by atoms with Gasteiger partial charge in [0.25, 0.3) is 5.91 Å². The first-order valence-corrected chi connectivity index (χ1v) is 19.0. The number of thiazole rings is 2. The zero-order chi connectivity index (χ0) is 43.0. The molecule has 0 bridgehead atoms. The molecule has 2 aromatic heterocycles. The van der Waals surface area contributed by atoms with Crippen LogP contribution in [0.4, 0.5) is 30.7 Å². The summed E-state index contributed by atoms with van der Waals surface area (Å²) in [6.45, 7) is 6.54. The molecule has 318 valence electrons. The van der Waals surface area contributed by atoms with Crippen LogP contribution in [0.3, 0.4) is 0 Å². The molecule has 0 aliphatic carbocycles. The number of H-pyrrole nitrogens is 1. The Labute approximate surface area is 332 Å². The van der Waals surface area contributed by atoms with Crippen molar-refractivity contribution in [3.8, 4) is 5.75 Å². The van der Waals surface area contributed by atoms with Gasteiger partial charge in [-0.3, -0.25) is 14.5 Å². The molecular weight excluding hydrogens is 832 g/mol. The maximum absolute atomic E-state index is 14.6. The summed E-state index contributed by atoms with van der Waals surface area (Å²) in [7, 11) is 0. The number of aliphatic carboxylic acids is 2. The van der Waals surface area contributed by atoms with Crippen LogP contribution in [-0.4, -0.2) is 122 Å². The zero-order valence-corrected chi connectivity index (χ0v) is 32.1. The summed E-state index contributed by atoms with van der Waals surface area (Å²) in [6, 6.07) is 8.23. The lowest BCUT2D eigenvalue weighted by Gasteiger charge is -2.47. The number of nitrogens with one attached hydrogen (secondary N) is 2. The maximum Gasteiger partial charge on any atom is 0.490 e. The Morgan fingerprint density at radius 3 is 2.22 bits per heavy atom. The second-order valence-electron chi connectivity index (χ2n) is 13.2. The topological polar surface area (TPSA) is 206 Å². The smallest absolute Gasteiger partial charge is 0.490 e. The largest absolute Gasteiger partial charge is 0.506 e. The van der Waals surface area contributed by atoms with Gasteiger partial charge < -0.3 is 40.4 Å². The Morgan fingerprint density at radius 2 is 1.64 bits per heavy atom. The van der Waals surface area contributed by atoms with Crippen LogP contribution in [0.15, 0.2) is 40.5 Å². The minimum absolute atomic E-state index is 0.0312. The van der Waals surface area contributed by atoms with E-state index in [0.717, 1.165) is 53.4 Å². The summed E-state index contributed by atoms with van der Waals surface area (Å²) in [5.74, 6) is -5.86. The number of carbonyl (C=O) groups is 3. The summed E-state index contributed by atoms with van der Waals surface area (Å²) < 4.78 is 84.8. The van der Waals surface area contributed by atoms with Crippen LogP contribution in [-0.2, 0) is 27.3 Å². The van der Waals surface area contributed by atoms with E-state index in [1.54, 1.807) is 18.2 Å².